The molecule has 0 unspecified atom stereocenters. The van der Waals surface area contributed by atoms with Crippen LogP contribution in [0.3, 0.4) is 0 Å². The Bertz CT molecular complexity index is 309. The molecule has 5 heteroatoms. The second kappa shape index (κ2) is 5.39. The van der Waals surface area contributed by atoms with E-state index in [0.29, 0.717) is 18.1 Å². The van der Waals surface area contributed by atoms with Crippen molar-refractivity contribution in [3.05, 3.63) is 24.2 Å². The summed E-state index contributed by atoms with van der Waals surface area (Å²) in [6.07, 6.45) is 2.01. The Morgan fingerprint density at radius 2 is 2.43 bits per heavy atom. The Labute approximate surface area is 87.7 Å². The van der Waals surface area contributed by atoms with Crippen molar-refractivity contribution in [3.8, 4) is 0 Å². The van der Waals surface area contributed by atoms with Crippen LogP contribution in [-0.4, -0.2) is 11.0 Å². The lowest BCUT2D eigenvalue weighted by Gasteiger charge is -2.06. The summed E-state index contributed by atoms with van der Waals surface area (Å²) in [5, 5.41) is 5.71. The molecule has 14 heavy (non-hydrogen) atoms. The van der Waals surface area contributed by atoms with E-state index in [1.54, 1.807) is 19.3 Å². The highest BCUT2D eigenvalue weighted by atomic mass is 32.1. The summed E-state index contributed by atoms with van der Waals surface area (Å²) < 4.78 is 5.08. The van der Waals surface area contributed by atoms with Crippen LogP contribution in [0.5, 0.6) is 0 Å². The van der Waals surface area contributed by atoms with Crippen molar-refractivity contribution in [2.75, 3.05) is 0 Å². The third-order valence-electron chi connectivity index (χ3n) is 1.58. The van der Waals surface area contributed by atoms with Gasteiger partial charge in [0, 0.05) is 6.42 Å². The molecule has 0 atom stereocenters. The molecule has 0 aliphatic heterocycles. The third kappa shape index (κ3) is 3.57. The predicted molar refractivity (Wildman–Crippen MR) is 56.6 cm³/mol. The van der Waals surface area contributed by atoms with E-state index in [1.165, 1.54) is 0 Å². The Hall–Kier alpha value is -1.36. The maximum Gasteiger partial charge on any atom is 0.225 e. The number of carbonyl (C=O) groups excluding carboxylic acids is 1. The highest BCUT2D eigenvalue weighted by Gasteiger charge is 2.01. The maximum absolute atomic E-state index is 10.9. The highest BCUT2D eigenvalue weighted by Crippen LogP contribution is 1.97. The van der Waals surface area contributed by atoms with Crippen LogP contribution in [0.2, 0.25) is 0 Å². The molecule has 0 spiro atoms. The van der Waals surface area contributed by atoms with Gasteiger partial charge in [-0.2, -0.15) is 0 Å². The van der Waals surface area contributed by atoms with Gasteiger partial charge in [-0.1, -0.05) is 6.92 Å². The minimum atomic E-state index is -0.0954. The molecule has 0 aromatic carbocycles. The zero-order chi connectivity index (χ0) is 10.4. The number of thiocarbonyl (C=S) groups is 1. The number of rotatable bonds is 3. The second-order valence-electron chi connectivity index (χ2n) is 2.66. The average molecular weight is 212 g/mol. The molecule has 0 aliphatic carbocycles. The van der Waals surface area contributed by atoms with Crippen molar-refractivity contribution in [1.82, 2.24) is 10.6 Å². The summed E-state index contributed by atoms with van der Waals surface area (Å²) in [7, 11) is 0. The zero-order valence-electron chi connectivity index (χ0n) is 7.87. The van der Waals surface area contributed by atoms with E-state index in [4.69, 9.17) is 16.6 Å². The van der Waals surface area contributed by atoms with E-state index < -0.39 is 0 Å². The molecule has 1 rings (SSSR count). The molecule has 0 saturated carbocycles. The van der Waals surface area contributed by atoms with E-state index in [0.717, 1.165) is 5.76 Å². The van der Waals surface area contributed by atoms with Crippen LogP contribution >= 0.6 is 12.2 Å². The van der Waals surface area contributed by atoms with Gasteiger partial charge in [-0.15, -0.1) is 0 Å². The number of amides is 1. The van der Waals surface area contributed by atoms with Gasteiger partial charge in [-0.05, 0) is 24.4 Å². The molecule has 1 amide bonds. The first-order valence-electron chi connectivity index (χ1n) is 4.32. The van der Waals surface area contributed by atoms with Gasteiger partial charge in [-0.25, -0.2) is 0 Å². The molecular weight excluding hydrogens is 200 g/mol. The molecule has 0 aliphatic rings. The van der Waals surface area contributed by atoms with Crippen LogP contribution in [0.1, 0.15) is 19.1 Å². The lowest BCUT2D eigenvalue weighted by molar-refractivity contribution is -0.119. The van der Waals surface area contributed by atoms with Gasteiger partial charge in [-0.3, -0.25) is 4.79 Å². The first-order valence-corrected chi connectivity index (χ1v) is 4.73. The summed E-state index contributed by atoms with van der Waals surface area (Å²) in [4.78, 5) is 10.9. The quantitative estimate of drug-likeness (QED) is 0.739. The normalized spacial score (nSPS) is 9.50. The smallest absolute Gasteiger partial charge is 0.225 e. The Morgan fingerprint density at radius 1 is 1.64 bits per heavy atom. The van der Waals surface area contributed by atoms with Crippen LogP contribution < -0.4 is 10.6 Å². The van der Waals surface area contributed by atoms with Crippen molar-refractivity contribution in [2.45, 2.75) is 19.9 Å². The highest BCUT2D eigenvalue weighted by molar-refractivity contribution is 7.80. The van der Waals surface area contributed by atoms with Crippen molar-refractivity contribution >= 4 is 23.2 Å². The summed E-state index contributed by atoms with van der Waals surface area (Å²) in [6, 6.07) is 3.63. The van der Waals surface area contributed by atoms with Gasteiger partial charge >= 0.3 is 0 Å². The van der Waals surface area contributed by atoms with E-state index in [1.807, 2.05) is 6.07 Å². The fourth-order valence-electron chi connectivity index (χ4n) is 0.840. The molecule has 76 valence electrons. The number of carbonyl (C=O) groups is 1. The maximum atomic E-state index is 10.9. The van der Waals surface area contributed by atoms with Crippen molar-refractivity contribution in [3.63, 3.8) is 0 Å². The lowest BCUT2D eigenvalue weighted by Crippen LogP contribution is -2.38. The largest absolute Gasteiger partial charge is 0.467 e. The molecular formula is C9H12N2O2S. The molecule has 2 N–H and O–H groups in total. The van der Waals surface area contributed by atoms with Gasteiger partial charge < -0.3 is 15.1 Å². The number of furan rings is 1. The molecule has 4 nitrogen and oxygen atoms in total. The standard InChI is InChI=1S/C9H12N2O2S/c1-2-8(12)11-9(14)10-6-7-4-3-5-13-7/h3-5H,2,6H2,1H3,(H2,10,11,12,14). The van der Waals surface area contributed by atoms with Crippen molar-refractivity contribution < 1.29 is 9.21 Å². The van der Waals surface area contributed by atoms with Crippen LogP contribution in [0.4, 0.5) is 0 Å². The third-order valence-corrected chi connectivity index (χ3v) is 1.82. The van der Waals surface area contributed by atoms with E-state index in [2.05, 4.69) is 10.6 Å². The molecule has 1 aromatic heterocycles. The molecule has 0 fully saturated rings. The van der Waals surface area contributed by atoms with Crippen molar-refractivity contribution in [2.24, 2.45) is 0 Å². The van der Waals surface area contributed by atoms with Crippen LogP contribution in [0, 0.1) is 0 Å². The monoisotopic (exact) mass is 212 g/mol. The lowest BCUT2D eigenvalue weighted by atomic mass is 10.4. The van der Waals surface area contributed by atoms with E-state index >= 15 is 0 Å². The van der Waals surface area contributed by atoms with Crippen molar-refractivity contribution in [1.29, 1.82) is 0 Å². The summed E-state index contributed by atoms with van der Waals surface area (Å²) in [5.74, 6) is 0.681. The molecule has 1 aromatic rings. The van der Waals surface area contributed by atoms with Crippen LogP contribution in [0.15, 0.2) is 22.8 Å². The van der Waals surface area contributed by atoms with E-state index in [-0.39, 0.29) is 5.91 Å². The Balaban J connectivity index is 2.25. The zero-order valence-corrected chi connectivity index (χ0v) is 8.69. The molecule has 1 heterocycles. The topological polar surface area (TPSA) is 54.3 Å². The number of nitrogens with one attached hydrogen (secondary N) is 2. The number of hydrogen-bond donors (Lipinski definition) is 2. The first kappa shape index (κ1) is 10.7. The average Bonchev–Trinajstić information content (AvgIpc) is 2.67. The number of hydrogen-bond acceptors (Lipinski definition) is 3. The second-order valence-corrected chi connectivity index (χ2v) is 3.07. The molecule has 0 bridgehead atoms. The van der Waals surface area contributed by atoms with Crippen LogP contribution in [-0.2, 0) is 11.3 Å². The van der Waals surface area contributed by atoms with E-state index in [9.17, 15) is 4.79 Å². The van der Waals surface area contributed by atoms with Gasteiger partial charge in [0.05, 0.1) is 12.8 Å². The summed E-state index contributed by atoms with van der Waals surface area (Å²) in [5.41, 5.74) is 0. The first-order chi connectivity index (χ1) is 6.72. The Morgan fingerprint density at radius 3 is 3.00 bits per heavy atom. The Kier molecular flexibility index (Phi) is 4.12. The summed E-state index contributed by atoms with van der Waals surface area (Å²) in [6.45, 7) is 2.25. The minimum Gasteiger partial charge on any atom is -0.467 e. The fraction of sp³-hybridized carbons (Fsp3) is 0.333. The van der Waals surface area contributed by atoms with Gasteiger partial charge in [0.2, 0.25) is 5.91 Å². The SMILES string of the molecule is CCC(=O)NC(=S)NCc1ccco1. The molecule has 0 saturated heterocycles. The molecule has 0 radical (unpaired) electrons. The minimum absolute atomic E-state index is 0.0954. The fourth-order valence-corrected chi connectivity index (χ4v) is 1.03. The summed E-state index contributed by atoms with van der Waals surface area (Å²) >= 11 is 4.88. The van der Waals surface area contributed by atoms with Crippen LogP contribution in [0.25, 0.3) is 0 Å². The van der Waals surface area contributed by atoms with Gasteiger partial charge in [0.1, 0.15) is 5.76 Å². The predicted octanol–water partition coefficient (Wildman–Crippen LogP) is 1.18. The van der Waals surface area contributed by atoms with Gasteiger partial charge in [0.15, 0.2) is 5.11 Å². The van der Waals surface area contributed by atoms with Gasteiger partial charge in [0.25, 0.3) is 0 Å².